The zero-order chi connectivity index (χ0) is 34.0. The number of benzene rings is 5. The van der Waals surface area contributed by atoms with E-state index in [0.717, 1.165) is 44.5 Å². The summed E-state index contributed by atoms with van der Waals surface area (Å²) in [4.78, 5) is 0. The summed E-state index contributed by atoms with van der Waals surface area (Å²) < 4.78 is 63.7. The number of rotatable bonds is 16. The number of phosphoric ester groups is 2. The van der Waals surface area contributed by atoms with E-state index in [1.807, 2.05) is 125 Å². The van der Waals surface area contributed by atoms with Crippen LogP contribution in [0.1, 0.15) is 44.5 Å². The molecule has 0 aliphatic heterocycles. The van der Waals surface area contributed by atoms with Crippen LogP contribution >= 0.6 is 15.6 Å². The zero-order valence-corrected chi connectivity index (χ0v) is 29.3. The molecule has 0 aromatic heterocycles. The Morgan fingerprint density at radius 3 is 0.833 bits per heavy atom. The first-order valence-corrected chi connectivity index (χ1v) is 18.5. The van der Waals surface area contributed by atoms with Gasteiger partial charge in [-0.3, -0.25) is 18.1 Å². The van der Waals surface area contributed by atoms with Crippen molar-refractivity contribution in [3.8, 4) is 11.5 Å². The Bertz CT molecular complexity index is 1610. The molecule has 250 valence electrons. The Morgan fingerprint density at radius 1 is 0.375 bits per heavy atom. The van der Waals surface area contributed by atoms with Gasteiger partial charge in [-0.1, -0.05) is 131 Å². The highest BCUT2D eigenvalue weighted by molar-refractivity contribution is 7.49. The summed E-state index contributed by atoms with van der Waals surface area (Å²) in [5.41, 5.74) is 7.46. The molecule has 0 saturated carbocycles. The molecule has 5 rings (SSSR count). The van der Waals surface area contributed by atoms with Gasteiger partial charge in [-0.2, -0.15) is 0 Å². The van der Waals surface area contributed by atoms with Crippen molar-refractivity contribution in [1.29, 1.82) is 0 Å². The van der Waals surface area contributed by atoms with E-state index in [4.69, 9.17) is 27.1 Å². The summed E-state index contributed by atoms with van der Waals surface area (Å²) in [6.45, 7) is 7.78. The number of aryl methyl sites for hydroxylation is 4. The maximum atomic E-state index is 14.2. The van der Waals surface area contributed by atoms with Gasteiger partial charge in [0.25, 0.3) is 0 Å². The van der Waals surface area contributed by atoms with E-state index in [9.17, 15) is 9.13 Å². The fourth-order valence-electron chi connectivity index (χ4n) is 4.37. The molecular weight excluding hydrogens is 646 g/mol. The van der Waals surface area contributed by atoms with E-state index in [2.05, 4.69) is 0 Å². The Kier molecular flexibility index (Phi) is 12.1. The third kappa shape index (κ3) is 10.8. The molecule has 0 spiro atoms. The minimum absolute atomic E-state index is 0.0215. The first-order chi connectivity index (χ1) is 23.1. The molecule has 0 saturated heterocycles. The highest BCUT2D eigenvalue weighted by Gasteiger charge is 2.34. The summed E-state index contributed by atoms with van der Waals surface area (Å²) >= 11 is 0. The summed E-state index contributed by atoms with van der Waals surface area (Å²) in [5.74, 6) is -0.0431. The fourth-order valence-corrected chi connectivity index (χ4v) is 6.75. The molecule has 8 nitrogen and oxygen atoms in total. The Hall–Kier alpha value is -4.00. The second-order valence-electron chi connectivity index (χ2n) is 11.6. The highest BCUT2D eigenvalue weighted by Crippen LogP contribution is 2.57. The summed E-state index contributed by atoms with van der Waals surface area (Å²) in [6, 6.07) is 36.9. The molecule has 0 radical (unpaired) electrons. The second kappa shape index (κ2) is 16.4. The predicted molar refractivity (Wildman–Crippen MR) is 187 cm³/mol. The highest BCUT2D eigenvalue weighted by atomic mass is 31.2. The Morgan fingerprint density at radius 2 is 0.604 bits per heavy atom. The van der Waals surface area contributed by atoms with Crippen molar-refractivity contribution in [3.63, 3.8) is 0 Å². The molecule has 48 heavy (non-hydrogen) atoms. The number of hydrogen-bond donors (Lipinski definition) is 0. The van der Waals surface area contributed by atoms with Crippen molar-refractivity contribution in [2.24, 2.45) is 0 Å². The van der Waals surface area contributed by atoms with E-state index in [1.54, 1.807) is 12.1 Å². The third-order valence-electron chi connectivity index (χ3n) is 7.31. The van der Waals surface area contributed by atoms with Crippen LogP contribution in [0.25, 0.3) is 0 Å². The van der Waals surface area contributed by atoms with Crippen molar-refractivity contribution >= 4 is 15.6 Å². The lowest BCUT2D eigenvalue weighted by atomic mass is 10.2. The largest absolute Gasteiger partial charge is 0.530 e. The molecule has 0 fully saturated rings. The van der Waals surface area contributed by atoms with Gasteiger partial charge in [0.15, 0.2) is 11.5 Å². The van der Waals surface area contributed by atoms with E-state index < -0.39 is 15.6 Å². The van der Waals surface area contributed by atoms with Crippen LogP contribution in [-0.4, -0.2) is 0 Å². The van der Waals surface area contributed by atoms with Gasteiger partial charge in [0.1, 0.15) is 0 Å². The molecule has 0 N–H and O–H groups in total. The molecular formula is C38H40O8P2. The van der Waals surface area contributed by atoms with Crippen LogP contribution in [0, 0.1) is 27.7 Å². The van der Waals surface area contributed by atoms with Gasteiger partial charge in [0.05, 0.1) is 26.4 Å². The smallest absolute Gasteiger partial charge is 0.400 e. The number of hydrogen-bond acceptors (Lipinski definition) is 8. The molecule has 0 heterocycles. The van der Waals surface area contributed by atoms with Gasteiger partial charge >= 0.3 is 15.6 Å². The average Bonchev–Trinajstić information content (AvgIpc) is 3.08. The van der Waals surface area contributed by atoms with Crippen molar-refractivity contribution < 1.29 is 36.3 Å². The lowest BCUT2D eigenvalue weighted by Gasteiger charge is -2.23. The molecule has 0 aliphatic carbocycles. The molecule has 10 heteroatoms. The fraction of sp³-hybridized carbons (Fsp3) is 0.211. The van der Waals surface area contributed by atoms with Crippen molar-refractivity contribution in [3.05, 3.63) is 166 Å². The minimum Gasteiger partial charge on any atom is -0.400 e. The van der Waals surface area contributed by atoms with E-state index in [-0.39, 0.29) is 37.9 Å². The van der Waals surface area contributed by atoms with Gasteiger partial charge < -0.3 is 9.05 Å². The van der Waals surface area contributed by atoms with Crippen LogP contribution < -0.4 is 9.05 Å². The van der Waals surface area contributed by atoms with Gasteiger partial charge in [-0.25, -0.2) is 9.13 Å². The van der Waals surface area contributed by atoms with Crippen LogP contribution in [0.4, 0.5) is 0 Å². The normalized spacial score (nSPS) is 11.8. The van der Waals surface area contributed by atoms with E-state index in [0.29, 0.717) is 0 Å². The first-order valence-electron chi connectivity index (χ1n) is 15.6. The van der Waals surface area contributed by atoms with Crippen LogP contribution in [0.5, 0.6) is 11.5 Å². The predicted octanol–water partition coefficient (Wildman–Crippen LogP) is 10.8. The lowest BCUT2D eigenvalue weighted by molar-refractivity contribution is 0.134. The SMILES string of the molecule is Cc1ccc(COP(=O)(OCc2ccc(C)cc2)Oc2ccccc2OP(=O)(OCc2ccc(C)cc2)OCc2ccc(C)cc2)cc1. The molecule has 0 atom stereocenters. The summed E-state index contributed by atoms with van der Waals surface area (Å²) in [5, 5.41) is 0. The van der Waals surface area contributed by atoms with E-state index in [1.165, 1.54) is 12.1 Å². The Balaban J connectivity index is 1.38. The quantitative estimate of drug-likeness (QED) is 0.0948. The maximum Gasteiger partial charge on any atom is 0.530 e. The summed E-state index contributed by atoms with van der Waals surface area (Å²) in [7, 11) is -8.55. The van der Waals surface area contributed by atoms with Gasteiger partial charge in [-0.05, 0) is 62.1 Å². The van der Waals surface area contributed by atoms with Crippen LogP contribution in [-0.2, 0) is 53.7 Å². The van der Waals surface area contributed by atoms with Gasteiger partial charge in [0, 0.05) is 0 Å². The molecule has 5 aromatic rings. The molecule has 0 aliphatic rings. The average molecular weight is 687 g/mol. The van der Waals surface area contributed by atoms with E-state index >= 15 is 0 Å². The number of phosphoric acid groups is 2. The van der Waals surface area contributed by atoms with Crippen molar-refractivity contribution in [2.45, 2.75) is 54.1 Å². The minimum atomic E-state index is -4.28. The second-order valence-corrected chi connectivity index (χ2v) is 14.7. The molecule has 0 amide bonds. The molecule has 0 bridgehead atoms. The third-order valence-corrected chi connectivity index (χ3v) is 9.93. The van der Waals surface area contributed by atoms with Crippen molar-refractivity contribution in [1.82, 2.24) is 0 Å². The van der Waals surface area contributed by atoms with Crippen LogP contribution in [0.3, 0.4) is 0 Å². The number of para-hydroxylation sites is 2. The lowest BCUT2D eigenvalue weighted by Crippen LogP contribution is -2.07. The van der Waals surface area contributed by atoms with Crippen LogP contribution in [0.2, 0.25) is 0 Å². The van der Waals surface area contributed by atoms with Gasteiger partial charge in [-0.15, -0.1) is 0 Å². The zero-order valence-electron chi connectivity index (χ0n) is 27.5. The van der Waals surface area contributed by atoms with Crippen LogP contribution in [0.15, 0.2) is 121 Å². The molecule has 5 aromatic carbocycles. The monoisotopic (exact) mass is 686 g/mol. The Labute approximate surface area is 282 Å². The first kappa shape index (κ1) is 35.3. The van der Waals surface area contributed by atoms with Crippen molar-refractivity contribution in [2.75, 3.05) is 0 Å². The molecule has 0 unspecified atom stereocenters. The maximum absolute atomic E-state index is 14.2. The summed E-state index contributed by atoms with van der Waals surface area (Å²) in [6.07, 6.45) is 0. The topological polar surface area (TPSA) is 89.5 Å². The van der Waals surface area contributed by atoms with Gasteiger partial charge in [0.2, 0.25) is 0 Å². The standard InChI is InChI=1S/C38H40O8P2/c1-29-9-17-33(18-10-29)25-41-47(39,42-26-34-19-11-30(2)12-20-34)45-37-7-5-6-8-38(37)46-48(40,43-27-35-21-13-31(3)14-22-35)44-28-36-23-15-32(4)16-24-36/h5-24H,25-28H2,1-4H3.